The number of hydrogen-bond donors (Lipinski definition) is 1. The molecule has 1 aromatic carbocycles. The van der Waals surface area contributed by atoms with Crippen molar-refractivity contribution in [3.05, 3.63) is 47.5 Å². The van der Waals surface area contributed by atoms with Gasteiger partial charge in [0.05, 0.1) is 29.7 Å². The molecule has 0 saturated carbocycles. The van der Waals surface area contributed by atoms with E-state index in [1.165, 1.54) is 0 Å². The first-order chi connectivity index (χ1) is 17.4. The normalized spacial score (nSPS) is 16.4. The quantitative estimate of drug-likeness (QED) is 0.568. The Bertz CT molecular complexity index is 1280. The Morgan fingerprint density at radius 1 is 1.17 bits per heavy atom. The van der Waals surface area contributed by atoms with Crippen LogP contribution in [-0.4, -0.2) is 64.4 Å². The van der Waals surface area contributed by atoms with Crippen LogP contribution < -0.4 is 15.0 Å². The summed E-state index contributed by atoms with van der Waals surface area (Å²) in [6.07, 6.45) is 3.24. The second-order valence-corrected chi connectivity index (χ2v) is 9.56. The summed E-state index contributed by atoms with van der Waals surface area (Å²) in [6, 6.07) is 9.61. The van der Waals surface area contributed by atoms with Gasteiger partial charge < -0.3 is 19.9 Å². The van der Waals surface area contributed by atoms with Crippen LogP contribution in [0.3, 0.4) is 0 Å². The van der Waals surface area contributed by atoms with Crippen molar-refractivity contribution < 1.29 is 9.13 Å². The molecule has 0 amide bonds. The van der Waals surface area contributed by atoms with Gasteiger partial charge in [-0.1, -0.05) is 0 Å². The fourth-order valence-electron chi connectivity index (χ4n) is 4.78. The molecular weight excluding hydrogens is 459 g/mol. The van der Waals surface area contributed by atoms with Gasteiger partial charge in [0.1, 0.15) is 18.4 Å². The van der Waals surface area contributed by atoms with Gasteiger partial charge in [-0.2, -0.15) is 10.4 Å². The van der Waals surface area contributed by atoms with Crippen LogP contribution in [0.25, 0.3) is 11.3 Å². The number of fused-ring (bicyclic) bond motifs is 1. The van der Waals surface area contributed by atoms with Crippen LogP contribution >= 0.6 is 0 Å². The molecule has 36 heavy (non-hydrogen) atoms. The Morgan fingerprint density at radius 2 is 1.97 bits per heavy atom. The molecule has 5 rings (SSSR count). The third-order valence-electron chi connectivity index (χ3n) is 6.78. The Balaban J connectivity index is 1.41. The van der Waals surface area contributed by atoms with E-state index in [9.17, 15) is 9.65 Å². The number of nitrogens with zero attached hydrogens (tertiary/aromatic N) is 7. The highest BCUT2D eigenvalue weighted by Crippen LogP contribution is 2.40. The fraction of sp³-hybridized carbons (Fsp3) is 0.423. The molecule has 0 radical (unpaired) electrons. The van der Waals surface area contributed by atoms with Crippen LogP contribution in [0, 0.1) is 17.1 Å². The predicted molar refractivity (Wildman–Crippen MR) is 135 cm³/mol. The molecule has 1 saturated heterocycles. The van der Waals surface area contributed by atoms with Crippen LogP contribution in [0.1, 0.15) is 43.9 Å². The minimum Gasteiger partial charge on any atom is -0.488 e. The highest BCUT2D eigenvalue weighted by molar-refractivity contribution is 5.76. The molecule has 1 N–H and O–H groups in total. The van der Waals surface area contributed by atoms with Crippen molar-refractivity contribution in [1.82, 2.24) is 25.1 Å². The maximum atomic E-state index is 14.9. The summed E-state index contributed by atoms with van der Waals surface area (Å²) in [6.45, 7) is 7.42. The molecule has 0 unspecified atom stereocenters. The van der Waals surface area contributed by atoms with Crippen molar-refractivity contribution in [3.8, 4) is 23.1 Å². The summed E-state index contributed by atoms with van der Waals surface area (Å²) in [7, 11) is 2.13. The molecule has 3 aromatic rings. The average molecular weight is 489 g/mol. The van der Waals surface area contributed by atoms with Crippen LogP contribution in [0.4, 0.5) is 21.8 Å². The zero-order chi connectivity index (χ0) is 25.2. The largest absolute Gasteiger partial charge is 0.488 e. The lowest BCUT2D eigenvalue weighted by molar-refractivity contribution is 0.253. The Morgan fingerprint density at radius 3 is 2.67 bits per heavy atom. The SMILES string of the molecule is CC(C)N1CCOc2c(C#N)cc(-c3nc(Nc4ccc(C5CCN(C)CC5)nn4)ncc3F)cc21. The Hall–Kier alpha value is -3.84. The molecular formula is C26H29FN8O. The first kappa shape index (κ1) is 23.9. The van der Waals surface area contributed by atoms with Crippen molar-refractivity contribution in [2.24, 2.45) is 0 Å². The monoisotopic (exact) mass is 488 g/mol. The van der Waals surface area contributed by atoms with Crippen LogP contribution in [0.2, 0.25) is 0 Å². The maximum Gasteiger partial charge on any atom is 0.229 e. The molecule has 2 aliphatic rings. The number of benzene rings is 1. The smallest absolute Gasteiger partial charge is 0.229 e. The summed E-state index contributed by atoms with van der Waals surface area (Å²) >= 11 is 0. The van der Waals surface area contributed by atoms with E-state index in [1.807, 2.05) is 18.2 Å². The molecule has 186 valence electrons. The number of likely N-dealkylation sites (tertiary alicyclic amines) is 1. The van der Waals surface area contributed by atoms with Gasteiger partial charge >= 0.3 is 0 Å². The molecule has 2 aliphatic heterocycles. The number of nitrogens with one attached hydrogen (secondary N) is 1. The number of hydrogen-bond acceptors (Lipinski definition) is 9. The van der Waals surface area contributed by atoms with E-state index in [1.54, 1.807) is 6.07 Å². The second-order valence-electron chi connectivity index (χ2n) is 9.56. The van der Waals surface area contributed by atoms with Crippen molar-refractivity contribution in [2.45, 2.75) is 38.6 Å². The van der Waals surface area contributed by atoms with E-state index in [4.69, 9.17) is 4.74 Å². The molecule has 0 atom stereocenters. The zero-order valence-electron chi connectivity index (χ0n) is 20.7. The van der Waals surface area contributed by atoms with E-state index in [0.717, 1.165) is 43.5 Å². The summed E-state index contributed by atoms with van der Waals surface area (Å²) in [5, 5.41) is 21.5. The summed E-state index contributed by atoms with van der Waals surface area (Å²) in [5.41, 5.74) is 2.65. The molecule has 4 heterocycles. The van der Waals surface area contributed by atoms with Crippen molar-refractivity contribution >= 4 is 17.5 Å². The lowest BCUT2D eigenvalue weighted by atomic mass is 9.94. The first-order valence-electron chi connectivity index (χ1n) is 12.2. The molecule has 9 nitrogen and oxygen atoms in total. The number of ether oxygens (including phenoxy) is 1. The van der Waals surface area contributed by atoms with Gasteiger partial charge in [0.15, 0.2) is 17.4 Å². The van der Waals surface area contributed by atoms with Gasteiger partial charge in [-0.05, 0) is 71.1 Å². The number of rotatable bonds is 5. The van der Waals surface area contributed by atoms with E-state index < -0.39 is 5.82 Å². The van der Waals surface area contributed by atoms with E-state index in [0.29, 0.717) is 41.8 Å². The van der Waals surface area contributed by atoms with Gasteiger partial charge in [0.2, 0.25) is 5.95 Å². The highest BCUT2D eigenvalue weighted by Gasteiger charge is 2.26. The zero-order valence-corrected chi connectivity index (χ0v) is 20.7. The molecule has 0 bridgehead atoms. The minimum atomic E-state index is -0.582. The van der Waals surface area contributed by atoms with Gasteiger partial charge in [0, 0.05) is 17.5 Å². The standard InChI is InChI=1S/C26H29FN8O/c1-16(2)35-10-11-36-25-19(14-28)12-18(13-22(25)35)24-20(27)15-29-26(31-24)30-23-5-4-21(32-33-23)17-6-8-34(3)9-7-17/h4-5,12-13,15-17H,6-11H2,1-3H3,(H,29,30,31,33). The van der Waals surface area contributed by atoms with Gasteiger partial charge in [-0.15, -0.1) is 5.10 Å². The third-order valence-corrected chi connectivity index (χ3v) is 6.78. The number of halogens is 1. The first-order valence-corrected chi connectivity index (χ1v) is 12.2. The van der Waals surface area contributed by atoms with Crippen molar-refractivity contribution in [1.29, 1.82) is 5.26 Å². The average Bonchev–Trinajstić information content (AvgIpc) is 2.89. The topological polar surface area (TPSA) is 103 Å². The van der Waals surface area contributed by atoms with Crippen molar-refractivity contribution in [2.75, 3.05) is 43.5 Å². The molecule has 0 aliphatic carbocycles. The summed E-state index contributed by atoms with van der Waals surface area (Å²) in [4.78, 5) is 13.0. The van der Waals surface area contributed by atoms with Crippen LogP contribution in [0.5, 0.6) is 5.75 Å². The van der Waals surface area contributed by atoms with Crippen LogP contribution in [0.15, 0.2) is 30.5 Å². The van der Waals surface area contributed by atoms with E-state index in [2.05, 4.69) is 62.2 Å². The second kappa shape index (κ2) is 10.0. The van der Waals surface area contributed by atoms with Crippen LogP contribution in [-0.2, 0) is 0 Å². The maximum absolute atomic E-state index is 14.9. The summed E-state index contributed by atoms with van der Waals surface area (Å²) < 4.78 is 20.7. The van der Waals surface area contributed by atoms with Crippen molar-refractivity contribution in [3.63, 3.8) is 0 Å². The van der Waals surface area contributed by atoms with Gasteiger partial charge in [-0.25, -0.2) is 14.4 Å². The lowest BCUT2D eigenvalue weighted by Crippen LogP contribution is -2.38. The fourth-order valence-corrected chi connectivity index (χ4v) is 4.78. The van der Waals surface area contributed by atoms with Gasteiger partial charge in [0.25, 0.3) is 0 Å². The molecule has 0 spiro atoms. The molecule has 1 fully saturated rings. The highest BCUT2D eigenvalue weighted by atomic mass is 19.1. The molecule has 10 heteroatoms. The number of aromatic nitrogens is 4. The minimum absolute atomic E-state index is 0.0944. The Labute approximate surface area is 210 Å². The predicted octanol–water partition coefficient (Wildman–Crippen LogP) is 4.10. The third kappa shape index (κ3) is 4.79. The van der Waals surface area contributed by atoms with Gasteiger partial charge in [-0.3, -0.25) is 0 Å². The van der Waals surface area contributed by atoms with E-state index >= 15 is 0 Å². The summed E-state index contributed by atoms with van der Waals surface area (Å²) in [5.74, 6) is 1.02. The molecule has 2 aromatic heterocycles. The number of anilines is 3. The van der Waals surface area contributed by atoms with E-state index in [-0.39, 0.29) is 17.7 Å². The number of piperidine rings is 1. The number of nitriles is 1. The Kier molecular flexibility index (Phi) is 6.65. The lowest BCUT2D eigenvalue weighted by Gasteiger charge is -2.35.